The van der Waals surface area contributed by atoms with E-state index < -0.39 is 10.0 Å². The molecule has 2 heterocycles. The van der Waals surface area contributed by atoms with Crippen LogP contribution >= 0.6 is 0 Å². The van der Waals surface area contributed by atoms with E-state index in [4.69, 9.17) is 0 Å². The summed E-state index contributed by atoms with van der Waals surface area (Å²) in [6.45, 7) is 12.1. The van der Waals surface area contributed by atoms with Crippen molar-refractivity contribution in [3.63, 3.8) is 0 Å². The SMILES string of the molecule is Cc1ccc(S(=O)(=O)N2CCN(C(=O)CN3CCC(NC(C)C)CC3)CC2)cc1C. The van der Waals surface area contributed by atoms with Crippen LogP contribution in [-0.4, -0.2) is 86.3 Å². The summed E-state index contributed by atoms with van der Waals surface area (Å²) in [5, 5.41) is 3.57. The first-order chi connectivity index (χ1) is 14.2. The Labute approximate surface area is 181 Å². The van der Waals surface area contributed by atoms with E-state index in [1.165, 1.54) is 4.31 Å². The van der Waals surface area contributed by atoms with Crippen molar-refractivity contribution in [2.75, 3.05) is 45.8 Å². The average molecular weight is 437 g/mol. The van der Waals surface area contributed by atoms with Crippen molar-refractivity contribution in [3.8, 4) is 0 Å². The summed E-state index contributed by atoms with van der Waals surface area (Å²) >= 11 is 0. The molecule has 7 nitrogen and oxygen atoms in total. The van der Waals surface area contributed by atoms with E-state index in [9.17, 15) is 13.2 Å². The van der Waals surface area contributed by atoms with Crippen molar-refractivity contribution in [3.05, 3.63) is 29.3 Å². The Kier molecular flexibility index (Phi) is 7.55. The molecule has 0 aliphatic carbocycles. The van der Waals surface area contributed by atoms with Crippen LogP contribution in [-0.2, 0) is 14.8 Å². The minimum Gasteiger partial charge on any atom is -0.339 e. The highest BCUT2D eigenvalue weighted by Crippen LogP contribution is 2.21. The number of aryl methyl sites for hydroxylation is 2. The van der Waals surface area contributed by atoms with Gasteiger partial charge < -0.3 is 10.2 Å². The van der Waals surface area contributed by atoms with Crippen LogP contribution in [0.2, 0.25) is 0 Å². The maximum absolute atomic E-state index is 13.0. The zero-order valence-corrected chi connectivity index (χ0v) is 19.5. The van der Waals surface area contributed by atoms with Crippen molar-refractivity contribution in [1.82, 2.24) is 19.4 Å². The number of carbonyl (C=O) groups is 1. The first kappa shape index (κ1) is 23.2. The Morgan fingerprint density at radius 1 is 1.03 bits per heavy atom. The Bertz CT molecular complexity index is 840. The molecule has 0 aromatic heterocycles. The average Bonchev–Trinajstić information content (AvgIpc) is 2.71. The topological polar surface area (TPSA) is 73.0 Å². The van der Waals surface area contributed by atoms with Crippen molar-refractivity contribution >= 4 is 15.9 Å². The highest BCUT2D eigenvalue weighted by Gasteiger charge is 2.31. The van der Waals surface area contributed by atoms with Gasteiger partial charge in [0.2, 0.25) is 15.9 Å². The van der Waals surface area contributed by atoms with E-state index in [0.29, 0.717) is 49.7 Å². The van der Waals surface area contributed by atoms with Gasteiger partial charge in [0.15, 0.2) is 0 Å². The molecule has 1 aromatic carbocycles. The normalized spacial score (nSPS) is 20.1. The second-order valence-corrected chi connectivity index (χ2v) is 10.8. The second-order valence-electron chi connectivity index (χ2n) is 8.90. The highest BCUT2D eigenvalue weighted by atomic mass is 32.2. The zero-order chi connectivity index (χ0) is 21.9. The first-order valence-electron chi connectivity index (χ1n) is 11.0. The number of piperidine rings is 1. The van der Waals surface area contributed by atoms with E-state index in [0.717, 1.165) is 37.1 Å². The van der Waals surface area contributed by atoms with Gasteiger partial charge in [0.1, 0.15) is 0 Å². The summed E-state index contributed by atoms with van der Waals surface area (Å²) in [5.74, 6) is 0.105. The maximum Gasteiger partial charge on any atom is 0.243 e. The van der Waals surface area contributed by atoms with Gasteiger partial charge >= 0.3 is 0 Å². The molecule has 168 valence electrons. The van der Waals surface area contributed by atoms with Gasteiger partial charge in [0, 0.05) is 51.4 Å². The van der Waals surface area contributed by atoms with Crippen molar-refractivity contribution in [1.29, 1.82) is 0 Å². The summed E-state index contributed by atoms with van der Waals surface area (Å²) in [7, 11) is -3.52. The molecule has 2 fully saturated rings. The van der Waals surface area contributed by atoms with E-state index in [2.05, 4.69) is 24.1 Å². The number of nitrogens with zero attached hydrogens (tertiary/aromatic N) is 3. The monoisotopic (exact) mass is 436 g/mol. The molecule has 2 aliphatic rings. The Hall–Kier alpha value is -1.48. The molecule has 3 rings (SSSR count). The smallest absolute Gasteiger partial charge is 0.243 e. The fourth-order valence-corrected chi connectivity index (χ4v) is 5.73. The number of hydrogen-bond acceptors (Lipinski definition) is 5. The van der Waals surface area contributed by atoms with Gasteiger partial charge in [-0.1, -0.05) is 19.9 Å². The van der Waals surface area contributed by atoms with Gasteiger partial charge in [-0.2, -0.15) is 4.31 Å². The van der Waals surface area contributed by atoms with Crippen LogP contribution in [0.15, 0.2) is 23.1 Å². The molecule has 0 atom stereocenters. The molecule has 2 aliphatic heterocycles. The summed E-state index contributed by atoms with van der Waals surface area (Å²) in [6.07, 6.45) is 2.13. The summed E-state index contributed by atoms with van der Waals surface area (Å²) < 4.78 is 27.4. The lowest BCUT2D eigenvalue weighted by Gasteiger charge is -2.37. The van der Waals surface area contributed by atoms with Crippen LogP contribution in [0.5, 0.6) is 0 Å². The van der Waals surface area contributed by atoms with Gasteiger partial charge in [-0.15, -0.1) is 0 Å². The van der Waals surface area contributed by atoms with E-state index in [1.54, 1.807) is 12.1 Å². The Morgan fingerprint density at radius 3 is 2.23 bits per heavy atom. The summed E-state index contributed by atoms with van der Waals surface area (Å²) in [6, 6.07) is 6.28. The highest BCUT2D eigenvalue weighted by molar-refractivity contribution is 7.89. The Morgan fingerprint density at radius 2 is 1.67 bits per heavy atom. The fraction of sp³-hybridized carbons (Fsp3) is 0.682. The number of carbonyl (C=O) groups excluding carboxylic acids is 1. The molecule has 0 spiro atoms. The minimum absolute atomic E-state index is 0.105. The molecule has 1 N–H and O–H groups in total. The van der Waals surface area contributed by atoms with E-state index in [1.807, 2.05) is 24.8 Å². The molecule has 0 saturated carbocycles. The third kappa shape index (κ3) is 5.60. The van der Waals surface area contributed by atoms with E-state index in [-0.39, 0.29) is 5.91 Å². The summed E-state index contributed by atoms with van der Waals surface area (Å²) in [4.78, 5) is 17.1. The number of piperazine rings is 1. The van der Waals surface area contributed by atoms with Crippen LogP contribution in [0, 0.1) is 13.8 Å². The van der Waals surface area contributed by atoms with Crippen molar-refractivity contribution in [2.45, 2.75) is 57.5 Å². The zero-order valence-electron chi connectivity index (χ0n) is 18.7. The molecular formula is C22H36N4O3S. The van der Waals surface area contributed by atoms with Crippen LogP contribution in [0.25, 0.3) is 0 Å². The number of likely N-dealkylation sites (tertiary alicyclic amines) is 1. The lowest BCUT2D eigenvalue weighted by molar-refractivity contribution is -0.133. The van der Waals surface area contributed by atoms with Gasteiger partial charge in [-0.05, 0) is 49.9 Å². The lowest BCUT2D eigenvalue weighted by atomic mass is 10.0. The molecule has 0 bridgehead atoms. The molecule has 8 heteroatoms. The molecule has 1 amide bonds. The minimum atomic E-state index is -3.52. The van der Waals surface area contributed by atoms with Gasteiger partial charge in [0.25, 0.3) is 0 Å². The lowest BCUT2D eigenvalue weighted by Crippen LogP contribution is -2.53. The molecule has 30 heavy (non-hydrogen) atoms. The molecule has 2 saturated heterocycles. The fourth-order valence-electron chi connectivity index (χ4n) is 4.22. The van der Waals surface area contributed by atoms with E-state index >= 15 is 0 Å². The molecular weight excluding hydrogens is 400 g/mol. The second kappa shape index (κ2) is 9.77. The third-order valence-electron chi connectivity index (χ3n) is 6.22. The van der Waals surface area contributed by atoms with Crippen LogP contribution < -0.4 is 5.32 Å². The largest absolute Gasteiger partial charge is 0.339 e. The predicted octanol–water partition coefficient (Wildman–Crippen LogP) is 1.60. The molecule has 1 aromatic rings. The van der Waals surface area contributed by atoms with Crippen LogP contribution in [0.1, 0.15) is 37.8 Å². The number of nitrogens with one attached hydrogen (secondary N) is 1. The van der Waals surface area contributed by atoms with Crippen LogP contribution in [0.3, 0.4) is 0 Å². The number of hydrogen-bond donors (Lipinski definition) is 1. The standard InChI is InChI=1S/C22H36N4O3S/c1-17(2)23-20-7-9-24(10-8-20)16-22(27)25-11-13-26(14-12-25)30(28,29)21-6-5-18(3)19(4)15-21/h5-6,15,17,20,23H,7-14,16H2,1-4H3. The maximum atomic E-state index is 13.0. The van der Waals surface area contributed by atoms with Crippen molar-refractivity contribution in [2.24, 2.45) is 0 Å². The molecule has 0 unspecified atom stereocenters. The van der Waals surface area contributed by atoms with Gasteiger partial charge in [-0.3, -0.25) is 9.69 Å². The van der Waals surface area contributed by atoms with Gasteiger partial charge in [0.05, 0.1) is 11.4 Å². The van der Waals surface area contributed by atoms with Crippen molar-refractivity contribution < 1.29 is 13.2 Å². The van der Waals surface area contributed by atoms with Crippen LogP contribution in [0.4, 0.5) is 0 Å². The third-order valence-corrected chi connectivity index (χ3v) is 8.12. The predicted molar refractivity (Wildman–Crippen MR) is 119 cm³/mol. The number of benzene rings is 1. The number of rotatable bonds is 6. The molecule has 0 radical (unpaired) electrons. The summed E-state index contributed by atoms with van der Waals surface area (Å²) in [5.41, 5.74) is 2.05. The quantitative estimate of drug-likeness (QED) is 0.733. The Balaban J connectivity index is 1.49. The first-order valence-corrected chi connectivity index (χ1v) is 12.4. The number of sulfonamides is 1. The number of amides is 1. The van der Waals surface area contributed by atoms with Gasteiger partial charge in [-0.25, -0.2) is 8.42 Å².